The summed E-state index contributed by atoms with van der Waals surface area (Å²) in [5.41, 5.74) is 3.35. The van der Waals surface area contributed by atoms with E-state index in [0.29, 0.717) is 30.3 Å². The molecule has 152 valence electrons. The van der Waals surface area contributed by atoms with E-state index >= 15 is 0 Å². The third-order valence-electron chi connectivity index (χ3n) is 4.42. The summed E-state index contributed by atoms with van der Waals surface area (Å²) in [7, 11) is 0. The summed E-state index contributed by atoms with van der Waals surface area (Å²) in [4.78, 5) is 12.6. The number of benzene rings is 2. The van der Waals surface area contributed by atoms with Gasteiger partial charge in [-0.25, -0.2) is 0 Å². The van der Waals surface area contributed by atoms with Crippen LogP contribution in [0.15, 0.2) is 42.0 Å². The molecule has 0 fully saturated rings. The number of amides is 1. The Morgan fingerprint density at radius 1 is 1.10 bits per heavy atom. The number of para-hydroxylation sites is 1. The second-order valence-electron chi connectivity index (χ2n) is 6.73. The number of unbranched alkanes of at least 4 members (excludes halogenated alkanes) is 1. The van der Waals surface area contributed by atoms with Crippen molar-refractivity contribution < 1.29 is 14.3 Å². The Morgan fingerprint density at radius 3 is 2.45 bits per heavy atom. The van der Waals surface area contributed by atoms with Gasteiger partial charge in [-0.2, -0.15) is 5.26 Å². The molecular weight excluding hydrogens is 364 g/mol. The normalized spacial score (nSPS) is 10.9. The van der Waals surface area contributed by atoms with Crippen LogP contribution in [0, 0.1) is 25.2 Å². The Morgan fingerprint density at radius 2 is 1.83 bits per heavy atom. The number of carbonyl (C=O) groups excluding carboxylic acids is 1. The molecule has 0 aliphatic rings. The van der Waals surface area contributed by atoms with E-state index in [0.717, 1.165) is 29.7 Å². The first-order chi connectivity index (χ1) is 14.0. The minimum Gasteiger partial charge on any atom is -0.490 e. The summed E-state index contributed by atoms with van der Waals surface area (Å²) in [6.07, 6.45) is 3.57. The number of hydrogen-bond donors (Lipinski definition) is 1. The molecule has 2 rings (SSSR count). The number of anilines is 1. The number of rotatable bonds is 9. The Kier molecular flexibility index (Phi) is 8.29. The van der Waals surface area contributed by atoms with Crippen molar-refractivity contribution in [1.29, 1.82) is 5.26 Å². The van der Waals surface area contributed by atoms with Crippen molar-refractivity contribution in [3.8, 4) is 17.6 Å². The van der Waals surface area contributed by atoms with Crippen molar-refractivity contribution in [2.45, 2.75) is 40.5 Å². The minimum absolute atomic E-state index is 0.0229. The van der Waals surface area contributed by atoms with Gasteiger partial charge < -0.3 is 14.8 Å². The number of nitrogens with one attached hydrogen (secondary N) is 1. The molecule has 0 aliphatic heterocycles. The lowest BCUT2D eigenvalue weighted by molar-refractivity contribution is -0.112. The zero-order chi connectivity index (χ0) is 21.2. The molecule has 0 atom stereocenters. The lowest BCUT2D eigenvalue weighted by Gasteiger charge is -2.13. The lowest BCUT2D eigenvalue weighted by atomic mass is 10.1. The fraction of sp³-hybridized carbons (Fsp3) is 0.333. The molecule has 29 heavy (non-hydrogen) atoms. The van der Waals surface area contributed by atoms with Crippen LogP contribution in [-0.2, 0) is 4.79 Å². The van der Waals surface area contributed by atoms with Gasteiger partial charge in [-0.1, -0.05) is 37.6 Å². The van der Waals surface area contributed by atoms with Crippen LogP contribution in [0.2, 0.25) is 0 Å². The second-order valence-corrected chi connectivity index (χ2v) is 6.73. The van der Waals surface area contributed by atoms with E-state index in [1.807, 2.05) is 57.2 Å². The van der Waals surface area contributed by atoms with Gasteiger partial charge in [0, 0.05) is 5.69 Å². The van der Waals surface area contributed by atoms with Crippen LogP contribution >= 0.6 is 0 Å². The summed E-state index contributed by atoms with van der Waals surface area (Å²) in [5.74, 6) is 0.826. The first-order valence-corrected chi connectivity index (χ1v) is 9.89. The predicted octanol–water partition coefficient (Wildman–Crippen LogP) is 5.43. The van der Waals surface area contributed by atoms with E-state index in [-0.39, 0.29) is 5.57 Å². The Bertz CT molecular complexity index is 906. The molecule has 0 aliphatic carbocycles. The van der Waals surface area contributed by atoms with Crippen LogP contribution in [0.25, 0.3) is 6.08 Å². The molecule has 0 unspecified atom stereocenters. The van der Waals surface area contributed by atoms with Crippen LogP contribution in [0.3, 0.4) is 0 Å². The predicted molar refractivity (Wildman–Crippen MR) is 116 cm³/mol. The average molecular weight is 392 g/mol. The number of hydrogen-bond acceptors (Lipinski definition) is 4. The third-order valence-corrected chi connectivity index (χ3v) is 4.42. The van der Waals surface area contributed by atoms with Crippen molar-refractivity contribution in [3.05, 3.63) is 58.7 Å². The Hall–Kier alpha value is -3.26. The van der Waals surface area contributed by atoms with Gasteiger partial charge in [-0.15, -0.1) is 0 Å². The standard InChI is InChI=1S/C24H28N2O3/c1-5-7-13-29-21-12-11-19(15-22(21)28-6-2)14-20(16-25)24(27)26-23-17(3)9-8-10-18(23)4/h8-12,14-15H,5-7,13H2,1-4H3,(H,26,27)/b20-14+. The van der Waals surface area contributed by atoms with Gasteiger partial charge >= 0.3 is 0 Å². The van der Waals surface area contributed by atoms with Crippen LogP contribution < -0.4 is 14.8 Å². The smallest absolute Gasteiger partial charge is 0.266 e. The molecule has 2 aromatic rings. The van der Waals surface area contributed by atoms with E-state index in [1.54, 1.807) is 12.1 Å². The summed E-state index contributed by atoms with van der Waals surface area (Å²) in [6, 6.07) is 13.2. The maximum atomic E-state index is 12.6. The molecular formula is C24H28N2O3. The summed E-state index contributed by atoms with van der Waals surface area (Å²) < 4.78 is 11.5. The Balaban J connectivity index is 2.26. The molecule has 5 heteroatoms. The summed E-state index contributed by atoms with van der Waals surface area (Å²) in [5, 5.41) is 12.4. The fourth-order valence-corrected chi connectivity index (χ4v) is 2.84. The average Bonchev–Trinajstić information content (AvgIpc) is 2.70. The molecule has 0 saturated heterocycles. The molecule has 0 heterocycles. The number of nitrogens with zero attached hydrogens (tertiary/aromatic N) is 1. The van der Waals surface area contributed by atoms with Crippen LogP contribution in [0.4, 0.5) is 5.69 Å². The fourth-order valence-electron chi connectivity index (χ4n) is 2.84. The molecule has 5 nitrogen and oxygen atoms in total. The van der Waals surface area contributed by atoms with E-state index in [2.05, 4.69) is 12.2 Å². The monoisotopic (exact) mass is 392 g/mol. The highest BCUT2D eigenvalue weighted by molar-refractivity contribution is 6.10. The first kappa shape index (κ1) is 22.0. The van der Waals surface area contributed by atoms with Gasteiger partial charge in [0.25, 0.3) is 5.91 Å². The highest BCUT2D eigenvalue weighted by Crippen LogP contribution is 2.30. The Labute approximate surface area is 173 Å². The largest absolute Gasteiger partial charge is 0.490 e. The van der Waals surface area contributed by atoms with Crippen molar-refractivity contribution in [2.24, 2.45) is 0 Å². The lowest BCUT2D eigenvalue weighted by Crippen LogP contribution is -2.15. The molecule has 0 bridgehead atoms. The molecule has 2 aromatic carbocycles. The third kappa shape index (κ3) is 6.11. The second kappa shape index (κ2) is 10.9. The van der Waals surface area contributed by atoms with Gasteiger partial charge in [-0.3, -0.25) is 4.79 Å². The van der Waals surface area contributed by atoms with Crippen molar-refractivity contribution in [3.63, 3.8) is 0 Å². The van der Waals surface area contributed by atoms with Gasteiger partial charge in [0.15, 0.2) is 11.5 Å². The minimum atomic E-state index is -0.439. The van der Waals surface area contributed by atoms with E-state index in [1.165, 1.54) is 0 Å². The number of carbonyl (C=O) groups is 1. The summed E-state index contributed by atoms with van der Waals surface area (Å²) >= 11 is 0. The van der Waals surface area contributed by atoms with E-state index in [9.17, 15) is 10.1 Å². The van der Waals surface area contributed by atoms with Crippen molar-refractivity contribution in [1.82, 2.24) is 0 Å². The van der Waals surface area contributed by atoms with Gasteiger partial charge in [-0.05, 0) is 62.1 Å². The van der Waals surface area contributed by atoms with Gasteiger partial charge in [0.2, 0.25) is 0 Å². The molecule has 1 N–H and O–H groups in total. The van der Waals surface area contributed by atoms with Gasteiger partial charge in [0.1, 0.15) is 11.6 Å². The molecule has 1 amide bonds. The van der Waals surface area contributed by atoms with E-state index in [4.69, 9.17) is 9.47 Å². The van der Waals surface area contributed by atoms with Gasteiger partial charge in [0.05, 0.1) is 13.2 Å². The highest BCUT2D eigenvalue weighted by atomic mass is 16.5. The molecule has 0 aromatic heterocycles. The molecule has 0 saturated carbocycles. The quantitative estimate of drug-likeness (QED) is 0.351. The van der Waals surface area contributed by atoms with Crippen LogP contribution in [-0.4, -0.2) is 19.1 Å². The first-order valence-electron chi connectivity index (χ1n) is 9.89. The zero-order valence-corrected chi connectivity index (χ0v) is 17.5. The molecule has 0 spiro atoms. The van der Waals surface area contributed by atoms with Crippen molar-refractivity contribution in [2.75, 3.05) is 18.5 Å². The highest BCUT2D eigenvalue weighted by Gasteiger charge is 2.13. The van der Waals surface area contributed by atoms with Crippen molar-refractivity contribution >= 4 is 17.7 Å². The maximum absolute atomic E-state index is 12.6. The summed E-state index contributed by atoms with van der Waals surface area (Å²) in [6.45, 7) is 8.96. The number of aryl methyl sites for hydroxylation is 2. The molecule has 0 radical (unpaired) electrons. The number of ether oxygens (including phenoxy) is 2. The topological polar surface area (TPSA) is 71.3 Å². The maximum Gasteiger partial charge on any atom is 0.266 e. The van der Waals surface area contributed by atoms with Crippen LogP contribution in [0.5, 0.6) is 11.5 Å². The zero-order valence-electron chi connectivity index (χ0n) is 17.5. The SMILES string of the molecule is CCCCOc1ccc(/C=C(\C#N)C(=O)Nc2c(C)cccc2C)cc1OCC. The van der Waals surface area contributed by atoms with E-state index < -0.39 is 5.91 Å². The van der Waals surface area contributed by atoms with Crippen LogP contribution in [0.1, 0.15) is 43.4 Å². The number of nitriles is 1.